The van der Waals surface area contributed by atoms with E-state index in [1.807, 2.05) is 7.05 Å². The van der Waals surface area contributed by atoms with Crippen LogP contribution in [0.1, 0.15) is 32.1 Å². The van der Waals surface area contributed by atoms with E-state index in [9.17, 15) is 4.79 Å². The van der Waals surface area contributed by atoms with Crippen molar-refractivity contribution >= 4 is 6.09 Å². The zero-order chi connectivity index (χ0) is 10.5. The van der Waals surface area contributed by atoms with Crippen LogP contribution in [0.25, 0.3) is 0 Å². The van der Waals surface area contributed by atoms with Gasteiger partial charge in [-0.05, 0) is 12.8 Å². The number of rotatable bonds is 0. The summed E-state index contributed by atoms with van der Waals surface area (Å²) in [7, 11) is 1.81. The minimum atomic E-state index is -0.138. The molecule has 0 aromatic heterocycles. The van der Waals surface area contributed by atoms with E-state index < -0.39 is 0 Å². The summed E-state index contributed by atoms with van der Waals surface area (Å²) in [5.41, 5.74) is -0.138. The second kappa shape index (κ2) is 3.11. The van der Waals surface area contributed by atoms with Crippen molar-refractivity contribution in [2.75, 3.05) is 13.6 Å². The third-order valence-corrected chi connectivity index (χ3v) is 4.09. The monoisotopic (exact) mass is 210 g/mol. The molecular formula is C11H18N2O2. The predicted molar refractivity (Wildman–Crippen MR) is 55.6 cm³/mol. The Kier molecular flexibility index (Phi) is 1.96. The molecule has 1 spiro atoms. The van der Waals surface area contributed by atoms with Gasteiger partial charge in [0.05, 0.1) is 0 Å². The van der Waals surface area contributed by atoms with Gasteiger partial charge in [0.1, 0.15) is 5.60 Å². The van der Waals surface area contributed by atoms with Crippen LogP contribution >= 0.6 is 0 Å². The van der Waals surface area contributed by atoms with Crippen LogP contribution in [0, 0.1) is 0 Å². The topological polar surface area (TPSA) is 41.6 Å². The van der Waals surface area contributed by atoms with E-state index in [0.717, 1.165) is 25.8 Å². The fourth-order valence-electron chi connectivity index (χ4n) is 3.27. The summed E-state index contributed by atoms with van der Waals surface area (Å²) in [5.74, 6) is 0. The Morgan fingerprint density at radius 3 is 2.67 bits per heavy atom. The summed E-state index contributed by atoms with van der Waals surface area (Å²) in [5, 5.41) is 3.58. The molecule has 3 saturated heterocycles. The number of nitrogens with zero attached hydrogens (tertiary/aromatic N) is 1. The summed E-state index contributed by atoms with van der Waals surface area (Å²) in [4.78, 5) is 13.3. The molecule has 3 aliphatic heterocycles. The molecule has 3 heterocycles. The number of carbonyl (C=O) groups excluding carboxylic acids is 1. The van der Waals surface area contributed by atoms with E-state index in [2.05, 4.69) is 5.32 Å². The maximum Gasteiger partial charge on any atom is 0.410 e. The van der Waals surface area contributed by atoms with Gasteiger partial charge in [-0.25, -0.2) is 4.79 Å². The van der Waals surface area contributed by atoms with Crippen LogP contribution in [0.5, 0.6) is 0 Å². The Morgan fingerprint density at radius 1 is 1.40 bits per heavy atom. The molecule has 4 heteroatoms. The molecule has 0 radical (unpaired) electrons. The average Bonchev–Trinajstić information content (AvgIpc) is 2.54. The predicted octanol–water partition coefficient (Wildman–Crippen LogP) is 1.11. The Labute approximate surface area is 90.0 Å². The Hall–Kier alpha value is -0.770. The third-order valence-electron chi connectivity index (χ3n) is 4.09. The van der Waals surface area contributed by atoms with Gasteiger partial charge in [0.2, 0.25) is 0 Å². The van der Waals surface area contributed by atoms with Gasteiger partial charge in [-0.1, -0.05) is 0 Å². The quantitative estimate of drug-likeness (QED) is 0.651. The van der Waals surface area contributed by atoms with Crippen LogP contribution in [0.15, 0.2) is 0 Å². The summed E-state index contributed by atoms with van der Waals surface area (Å²) < 4.78 is 5.65. The lowest BCUT2D eigenvalue weighted by molar-refractivity contribution is -0.0699. The number of hydrogen-bond acceptors (Lipinski definition) is 3. The van der Waals surface area contributed by atoms with E-state index in [1.54, 1.807) is 4.90 Å². The number of hydrogen-bond donors (Lipinski definition) is 1. The number of nitrogens with one attached hydrogen (secondary N) is 1. The first-order chi connectivity index (χ1) is 7.17. The Morgan fingerprint density at radius 2 is 2.07 bits per heavy atom. The molecule has 4 nitrogen and oxygen atoms in total. The van der Waals surface area contributed by atoms with Gasteiger partial charge in [0.15, 0.2) is 0 Å². The van der Waals surface area contributed by atoms with Gasteiger partial charge in [0.25, 0.3) is 0 Å². The lowest BCUT2D eigenvalue weighted by Crippen LogP contribution is -2.56. The number of carbonyl (C=O) groups is 1. The Balaban J connectivity index is 1.77. The smallest absolute Gasteiger partial charge is 0.410 e. The van der Waals surface area contributed by atoms with Crippen molar-refractivity contribution < 1.29 is 9.53 Å². The molecule has 2 bridgehead atoms. The highest BCUT2D eigenvalue weighted by atomic mass is 16.6. The maximum atomic E-state index is 11.6. The van der Waals surface area contributed by atoms with Crippen molar-refractivity contribution in [1.82, 2.24) is 10.2 Å². The van der Waals surface area contributed by atoms with Crippen molar-refractivity contribution in [2.45, 2.75) is 49.8 Å². The lowest BCUT2D eigenvalue weighted by atomic mass is 9.83. The fourth-order valence-corrected chi connectivity index (χ4v) is 3.27. The SMILES string of the molecule is CN1CCC2(CC3CCC(C2)N3)OC1=O. The van der Waals surface area contributed by atoms with E-state index in [4.69, 9.17) is 4.74 Å². The minimum Gasteiger partial charge on any atom is -0.443 e. The van der Waals surface area contributed by atoms with Crippen LogP contribution in [0.3, 0.4) is 0 Å². The Bertz CT molecular complexity index is 280. The maximum absolute atomic E-state index is 11.6. The number of ether oxygens (including phenoxy) is 1. The van der Waals surface area contributed by atoms with E-state index in [-0.39, 0.29) is 11.7 Å². The molecule has 0 aliphatic carbocycles. The first-order valence-corrected chi connectivity index (χ1v) is 5.87. The van der Waals surface area contributed by atoms with Crippen LogP contribution in [0.4, 0.5) is 4.79 Å². The highest BCUT2D eigenvalue weighted by Crippen LogP contribution is 2.40. The molecule has 0 saturated carbocycles. The van der Waals surface area contributed by atoms with E-state index in [1.165, 1.54) is 12.8 Å². The summed E-state index contributed by atoms with van der Waals surface area (Å²) in [6.07, 6.45) is 5.40. The summed E-state index contributed by atoms with van der Waals surface area (Å²) in [6.45, 7) is 0.846. The van der Waals surface area contributed by atoms with Crippen LogP contribution in [0.2, 0.25) is 0 Å². The van der Waals surface area contributed by atoms with Gasteiger partial charge >= 0.3 is 6.09 Å². The van der Waals surface area contributed by atoms with Gasteiger partial charge in [-0.3, -0.25) is 0 Å². The molecule has 15 heavy (non-hydrogen) atoms. The second-order valence-corrected chi connectivity index (χ2v) is 5.27. The number of piperidine rings is 1. The zero-order valence-electron chi connectivity index (χ0n) is 9.16. The average molecular weight is 210 g/mol. The van der Waals surface area contributed by atoms with Crippen LogP contribution < -0.4 is 5.32 Å². The minimum absolute atomic E-state index is 0.137. The lowest BCUT2D eigenvalue weighted by Gasteiger charge is -2.45. The highest BCUT2D eigenvalue weighted by molar-refractivity contribution is 5.68. The van der Waals surface area contributed by atoms with Crippen molar-refractivity contribution in [3.05, 3.63) is 0 Å². The third kappa shape index (κ3) is 1.51. The summed E-state index contributed by atoms with van der Waals surface area (Å²) in [6, 6.07) is 1.17. The zero-order valence-corrected chi connectivity index (χ0v) is 9.16. The van der Waals surface area contributed by atoms with Crippen molar-refractivity contribution in [3.8, 4) is 0 Å². The molecule has 2 atom stereocenters. The van der Waals surface area contributed by atoms with Gasteiger partial charge in [0, 0.05) is 44.9 Å². The largest absolute Gasteiger partial charge is 0.443 e. The summed E-state index contributed by atoms with van der Waals surface area (Å²) >= 11 is 0. The molecular weight excluding hydrogens is 192 g/mol. The van der Waals surface area contributed by atoms with Crippen LogP contribution in [-0.4, -0.2) is 42.3 Å². The fraction of sp³-hybridized carbons (Fsp3) is 0.909. The molecule has 3 rings (SSSR count). The standard InChI is InChI=1S/C11H18N2O2/c1-13-5-4-11(15-10(13)14)6-8-2-3-9(7-11)12-8/h8-9,12H,2-7H2,1H3. The number of amides is 1. The van der Waals surface area contributed by atoms with E-state index >= 15 is 0 Å². The first-order valence-electron chi connectivity index (χ1n) is 5.87. The molecule has 0 aromatic rings. The molecule has 1 amide bonds. The van der Waals surface area contributed by atoms with Crippen molar-refractivity contribution in [1.29, 1.82) is 0 Å². The molecule has 1 N–H and O–H groups in total. The van der Waals surface area contributed by atoms with Gasteiger partial charge < -0.3 is 15.0 Å². The molecule has 3 aliphatic rings. The normalized spacial score (nSPS) is 44.6. The second-order valence-electron chi connectivity index (χ2n) is 5.27. The first kappa shape index (κ1) is 9.46. The molecule has 84 valence electrons. The van der Waals surface area contributed by atoms with Crippen molar-refractivity contribution in [3.63, 3.8) is 0 Å². The highest BCUT2D eigenvalue weighted by Gasteiger charge is 2.48. The number of fused-ring (bicyclic) bond motifs is 2. The molecule has 2 unspecified atom stereocenters. The van der Waals surface area contributed by atoms with Crippen molar-refractivity contribution in [2.24, 2.45) is 0 Å². The van der Waals surface area contributed by atoms with E-state index in [0.29, 0.717) is 12.1 Å². The van der Waals surface area contributed by atoms with Crippen LogP contribution in [-0.2, 0) is 4.74 Å². The van der Waals surface area contributed by atoms with Gasteiger partial charge in [-0.15, -0.1) is 0 Å². The van der Waals surface area contributed by atoms with Gasteiger partial charge in [-0.2, -0.15) is 0 Å². The molecule has 3 fully saturated rings. The molecule has 0 aromatic carbocycles.